The van der Waals surface area contributed by atoms with E-state index in [0.717, 1.165) is 0 Å². The Morgan fingerprint density at radius 3 is 2.55 bits per heavy atom. The van der Waals surface area contributed by atoms with E-state index in [1.54, 1.807) is 0 Å². The molecule has 0 amide bonds. The Hall–Kier alpha value is -1.15. The average molecular weight is 324 g/mol. The molecular formula is C11H18ClN3O4S. The van der Waals surface area contributed by atoms with Gasteiger partial charge in [-0.15, -0.1) is 11.6 Å². The van der Waals surface area contributed by atoms with Gasteiger partial charge in [0.1, 0.15) is 5.69 Å². The van der Waals surface area contributed by atoms with Gasteiger partial charge in [0, 0.05) is 12.4 Å². The van der Waals surface area contributed by atoms with Gasteiger partial charge in [-0.2, -0.15) is 5.10 Å². The summed E-state index contributed by atoms with van der Waals surface area (Å²) in [5.41, 5.74) is -0.319. The number of halogens is 1. The highest BCUT2D eigenvalue weighted by atomic mass is 35.5. The van der Waals surface area contributed by atoms with Crippen molar-refractivity contribution < 1.29 is 13.3 Å². The molecule has 9 heteroatoms. The summed E-state index contributed by atoms with van der Waals surface area (Å²) in [6, 6.07) is 0. The SMILES string of the molecule is CCCn1nc(C)c([N+](=O)[O-])c1S(=O)(=O)C(C)CCCl. The van der Waals surface area contributed by atoms with Crippen LogP contribution < -0.4 is 0 Å². The minimum absolute atomic E-state index is 0.111. The van der Waals surface area contributed by atoms with E-state index in [-0.39, 0.29) is 23.0 Å². The van der Waals surface area contributed by atoms with Crippen molar-refractivity contribution in [2.75, 3.05) is 5.88 Å². The van der Waals surface area contributed by atoms with Crippen LogP contribution in [0.1, 0.15) is 32.4 Å². The molecule has 0 N–H and O–H groups in total. The molecule has 0 aromatic carbocycles. The van der Waals surface area contributed by atoms with Crippen LogP contribution in [0.2, 0.25) is 0 Å². The van der Waals surface area contributed by atoms with E-state index in [4.69, 9.17) is 11.6 Å². The zero-order valence-corrected chi connectivity index (χ0v) is 13.2. The van der Waals surface area contributed by atoms with Crippen LogP contribution in [-0.4, -0.2) is 34.3 Å². The zero-order valence-electron chi connectivity index (χ0n) is 11.7. The number of alkyl halides is 1. The molecule has 7 nitrogen and oxygen atoms in total. The Bertz CT molecular complexity index is 597. The van der Waals surface area contributed by atoms with Gasteiger partial charge in [0.05, 0.1) is 10.2 Å². The first-order chi connectivity index (χ1) is 9.27. The minimum Gasteiger partial charge on any atom is -0.258 e. The number of hydrogen-bond acceptors (Lipinski definition) is 5. The third-order valence-electron chi connectivity index (χ3n) is 2.98. The van der Waals surface area contributed by atoms with Gasteiger partial charge in [0.15, 0.2) is 0 Å². The summed E-state index contributed by atoms with van der Waals surface area (Å²) in [5.74, 6) is 0.176. The van der Waals surface area contributed by atoms with Gasteiger partial charge < -0.3 is 0 Å². The molecule has 0 aliphatic carbocycles. The van der Waals surface area contributed by atoms with E-state index in [1.807, 2.05) is 6.92 Å². The quantitative estimate of drug-likeness (QED) is 0.436. The van der Waals surface area contributed by atoms with Crippen LogP contribution in [0.15, 0.2) is 5.03 Å². The molecule has 0 aliphatic heterocycles. The Labute approximate surface area is 123 Å². The highest BCUT2D eigenvalue weighted by molar-refractivity contribution is 7.92. The summed E-state index contributed by atoms with van der Waals surface area (Å²) in [6.07, 6.45) is 0.863. The molecule has 114 valence electrons. The molecule has 0 saturated carbocycles. The monoisotopic (exact) mass is 323 g/mol. The molecule has 1 aromatic rings. The van der Waals surface area contributed by atoms with E-state index >= 15 is 0 Å². The van der Waals surface area contributed by atoms with Gasteiger partial charge in [-0.3, -0.25) is 10.1 Å². The van der Waals surface area contributed by atoms with Crippen molar-refractivity contribution in [2.45, 2.75) is 50.4 Å². The highest BCUT2D eigenvalue weighted by Crippen LogP contribution is 2.31. The lowest BCUT2D eigenvalue weighted by Gasteiger charge is -2.12. The van der Waals surface area contributed by atoms with Crippen LogP contribution in [0.3, 0.4) is 0 Å². The van der Waals surface area contributed by atoms with Crippen LogP contribution >= 0.6 is 11.6 Å². The van der Waals surface area contributed by atoms with Crippen molar-refractivity contribution in [2.24, 2.45) is 0 Å². The maximum Gasteiger partial charge on any atom is 0.328 e. The molecular weight excluding hydrogens is 306 g/mol. The fourth-order valence-corrected chi connectivity index (χ4v) is 4.09. The van der Waals surface area contributed by atoms with E-state index in [1.165, 1.54) is 18.5 Å². The van der Waals surface area contributed by atoms with Gasteiger partial charge >= 0.3 is 5.69 Å². The molecule has 0 fully saturated rings. The van der Waals surface area contributed by atoms with Gasteiger partial charge in [-0.05, 0) is 26.7 Å². The fraction of sp³-hybridized carbons (Fsp3) is 0.727. The van der Waals surface area contributed by atoms with Crippen LogP contribution in [0.5, 0.6) is 0 Å². The molecule has 0 radical (unpaired) electrons. The third-order valence-corrected chi connectivity index (χ3v) is 5.44. The van der Waals surface area contributed by atoms with Crippen molar-refractivity contribution in [3.05, 3.63) is 15.8 Å². The maximum atomic E-state index is 12.5. The standard InChI is InChI=1S/C11H18ClN3O4S/c1-4-7-14-11(10(15(16)17)9(3)13-14)20(18,19)8(2)5-6-12/h8H,4-7H2,1-3H3. The number of aryl methyl sites for hydroxylation is 2. The summed E-state index contributed by atoms with van der Waals surface area (Å²) in [7, 11) is -3.83. The Balaban J connectivity index is 3.51. The summed E-state index contributed by atoms with van der Waals surface area (Å²) >= 11 is 5.58. The fourth-order valence-electron chi connectivity index (χ4n) is 1.91. The molecule has 0 saturated heterocycles. The molecule has 1 atom stereocenters. The minimum atomic E-state index is -3.83. The summed E-state index contributed by atoms with van der Waals surface area (Å²) < 4.78 is 26.3. The van der Waals surface area contributed by atoms with Gasteiger partial charge in [0.25, 0.3) is 0 Å². The molecule has 1 unspecified atom stereocenters. The second-order valence-electron chi connectivity index (χ2n) is 4.55. The lowest BCUT2D eigenvalue weighted by atomic mass is 10.4. The van der Waals surface area contributed by atoms with Crippen molar-refractivity contribution >= 4 is 27.1 Å². The number of hydrogen-bond donors (Lipinski definition) is 0. The smallest absolute Gasteiger partial charge is 0.258 e. The largest absolute Gasteiger partial charge is 0.328 e. The number of rotatable bonds is 7. The predicted octanol–water partition coefficient (Wildman–Crippen LogP) is 2.30. The Kier molecular flexibility index (Phi) is 5.52. The lowest BCUT2D eigenvalue weighted by Crippen LogP contribution is -2.23. The number of nitro groups is 1. The topological polar surface area (TPSA) is 95.1 Å². The Morgan fingerprint density at radius 2 is 2.10 bits per heavy atom. The molecule has 1 heterocycles. The Morgan fingerprint density at radius 1 is 1.50 bits per heavy atom. The van der Waals surface area contributed by atoms with Crippen LogP contribution in [0.4, 0.5) is 5.69 Å². The van der Waals surface area contributed by atoms with Crippen molar-refractivity contribution in [3.8, 4) is 0 Å². The van der Waals surface area contributed by atoms with Crippen molar-refractivity contribution in [3.63, 3.8) is 0 Å². The summed E-state index contributed by atoms with van der Waals surface area (Å²) in [5, 5.41) is 14.0. The molecule has 1 aromatic heterocycles. The average Bonchev–Trinajstić information content (AvgIpc) is 2.67. The summed E-state index contributed by atoms with van der Waals surface area (Å²) in [6.45, 7) is 5.11. The first-order valence-electron chi connectivity index (χ1n) is 6.29. The first kappa shape index (κ1) is 16.9. The number of sulfone groups is 1. The molecule has 0 spiro atoms. The first-order valence-corrected chi connectivity index (χ1v) is 8.37. The highest BCUT2D eigenvalue weighted by Gasteiger charge is 2.37. The second kappa shape index (κ2) is 6.53. The normalized spacial score (nSPS) is 13.4. The molecule has 0 bridgehead atoms. The van der Waals surface area contributed by atoms with Crippen molar-refractivity contribution in [1.82, 2.24) is 9.78 Å². The zero-order chi connectivity index (χ0) is 15.5. The van der Waals surface area contributed by atoms with E-state index < -0.39 is 25.7 Å². The van der Waals surface area contributed by atoms with Gasteiger partial charge in [-0.25, -0.2) is 13.1 Å². The van der Waals surface area contributed by atoms with Crippen molar-refractivity contribution in [1.29, 1.82) is 0 Å². The molecule has 1 rings (SSSR count). The molecule has 20 heavy (non-hydrogen) atoms. The predicted molar refractivity (Wildman–Crippen MR) is 75.9 cm³/mol. The molecule has 0 aliphatic rings. The second-order valence-corrected chi connectivity index (χ2v) is 7.21. The number of nitrogens with zero attached hydrogens (tertiary/aromatic N) is 3. The van der Waals surface area contributed by atoms with Crippen LogP contribution in [0, 0.1) is 17.0 Å². The summed E-state index contributed by atoms with van der Waals surface area (Å²) in [4.78, 5) is 10.5. The van der Waals surface area contributed by atoms with Crippen LogP contribution in [-0.2, 0) is 16.4 Å². The van der Waals surface area contributed by atoms with E-state index in [2.05, 4.69) is 5.10 Å². The number of aromatic nitrogens is 2. The van der Waals surface area contributed by atoms with Gasteiger partial charge in [0.2, 0.25) is 14.9 Å². The van der Waals surface area contributed by atoms with E-state index in [9.17, 15) is 18.5 Å². The maximum absolute atomic E-state index is 12.5. The lowest BCUT2D eigenvalue weighted by molar-refractivity contribution is -0.388. The van der Waals surface area contributed by atoms with Crippen LogP contribution in [0.25, 0.3) is 0 Å². The third kappa shape index (κ3) is 3.12. The van der Waals surface area contributed by atoms with E-state index in [0.29, 0.717) is 13.0 Å². The van der Waals surface area contributed by atoms with Gasteiger partial charge in [-0.1, -0.05) is 6.92 Å².